The number of thioether (sulfide) groups is 1. The molecule has 1 N–H and O–H groups in total. The lowest BCUT2D eigenvalue weighted by molar-refractivity contribution is -0.119. The van der Waals surface area contributed by atoms with Crippen LogP contribution in [-0.4, -0.2) is 34.8 Å². The molecule has 3 rings (SSSR count). The number of nitrogens with zero attached hydrogens (tertiary/aromatic N) is 3. The average molecular weight is 360 g/mol. The highest BCUT2D eigenvalue weighted by molar-refractivity contribution is 7.98. The van der Waals surface area contributed by atoms with Gasteiger partial charge in [0.2, 0.25) is 17.7 Å². The van der Waals surface area contributed by atoms with E-state index in [0.29, 0.717) is 18.9 Å². The number of nitrogens with one attached hydrogen (secondary N) is 1. The van der Waals surface area contributed by atoms with E-state index in [1.807, 2.05) is 30.5 Å². The standard InChI is InChI=1S/C17H20N4O3S/c1-10(2)15(23)18-17-20-19-16(24-17)11-8-14(22)21(9-11)12-4-6-13(25-3)7-5-12/h4-7,10-11H,8-9H2,1-3H3,(H,18,20,23)/t11-/m1/s1. The van der Waals surface area contributed by atoms with E-state index in [-0.39, 0.29) is 29.7 Å². The van der Waals surface area contributed by atoms with Crippen molar-refractivity contribution >= 4 is 35.3 Å². The predicted molar refractivity (Wildman–Crippen MR) is 95.7 cm³/mol. The van der Waals surface area contributed by atoms with Crippen LogP contribution in [0.25, 0.3) is 0 Å². The Labute approximate surface area is 150 Å². The minimum atomic E-state index is -0.187. The zero-order chi connectivity index (χ0) is 18.0. The number of amides is 2. The van der Waals surface area contributed by atoms with E-state index in [1.165, 1.54) is 0 Å². The number of anilines is 2. The molecule has 8 heteroatoms. The molecular weight excluding hydrogens is 340 g/mol. The molecular formula is C17H20N4O3S. The maximum absolute atomic E-state index is 12.3. The summed E-state index contributed by atoms with van der Waals surface area (Å²) in [5.41, 5.74) is 0.859. The molecule has 0 saturated carbocycles. The third-order valence-corrected chi connectivity index (χ3v) is 4.80. The van der Waals surface area contributed by atoms with Gasteiger partial charge >= 0.3 is 6.01 Å². The Morgan fingerprint density at radius 1 is 1.32 bits per heavy atom. The molecule has 0 aliphatic carbocycles. The molecule has 0 bridgehead atoms. The van der Waals surface area contributed by atoms with Gasteiger partial charge in [0, 0.05) is 29.5 Å². The fraction of sp³-hybridized carbons (Fsp3) is 0.412. The molecule has 2 heterocycles. The normalized spacial score (nSPS) is 17.4. The van der Waals surface area contributed by atoms with E-state index in [1.54, 1.807) is 30.5 Å². The Kier molecular flexibility index (Phi) is 5.08. The van der Waals surface area contributed by atoms with Gasteiger partial charge in [0.05, 0.1) is 5.92 Å². The van der Waals surface area contributed by atoms with Gasteiger partial charge in [-0.1, -0.05) is 18.9 Å². The fourth-order valence-corrected chi connectivity index (χ4v) is 2.99. The first-order valence-electron chi connectivity index (χ1n) is 8.06. The van der Waals surface area contributed by atoms with Crippen molar-refractivity contribution < 1.29 is 14.0 Å². The number of carbonyl (C=O) groups excluding carboxylic acids is 2. The second-order valence-corrected chi connectivity index (χ2v) is 7.07. The summed E-state index contributed by atoms with van der Waals surface area (Å²) in [7, 11) is 0. The minimum Gasteiger partial charge on any atom is -0.407 e. The SMILES string of the molecule is CSc1ccc(N2C[C@H](c3nnc(NC(=O)C(C)C)o3)CC2=O)cc1. The van der Waals surface area contributed by atoms with Gasteiger partial charge in [0.15, 0.2) is 0 Å². The number of hydrogen-bond acceptors (Lipinski definition) is 6. The molecule has 1 aliphatic rings. The smallest absolute Gasteiger partial charge is 0.322 e. The first-order valence-corrected chi connectivity index (χ1v) is 9.29. The Bertz CT molecular complexity index is 772. The van der Waals surface area contributed by atoms with Gasteiger partial charge in [-0.15, -0.1) is 16.9 Å². The van der Waals surface area contributed by atoms with E-state index >= 15 is 0 Å². The lowest BCUT2D eigenvalue weighted by atomic mass is 10.1. The third kappa shape index (κ3) is 3.84. The van der Waals surface area contributed by atoms with Crippen LogP contribution < -0.4 is 10.2 Å². The molecule has 0 radical (unpaired) electrons. The van der Waals surface area contributed by atoms with Crippen molar-refractivity contribution in [2.75, 3.05) is 23.0 Å². The summed E-state index contributed by atoms with van der Waals surface area (Å²) in [5, 5.41) is 10.4. The van der Waals surface area contributed by atoms with Crippen molar-refractivity contribution in [3.8, 4) is 0 Å². The van der Waals surface area contributed by atoms with Crippen LogP contribution in [0.3, 0.4) is 0 Å². The van der Waals surface area contributed by atoms with Gasteiger partial charge in [-0.25, -0.2) is 0 Å². The maximum atomic E-state index is 12.3. The van der Waals surface area contributed by atoms with E-state index in [4.69, 9.17) is 4.42 Å². The quantitative estimate of drug-likeness (QED) is 0.825. The van der Waals surface area contributed by atoms with Crippen molar-refractivity contribution in [1.82, 2.24) is 10.2 Å². The monoisotopic (exact) mass is 360 g/mol. The molecule has 1 fully saturated rings. The highest BCUT2D eigenvalue weighted by Gasteiger charge is 2.35. The molecule has 1 saturated heterocycles. The first-order chi connectivity index (χ1) is 12.0. The summed E-state index contributed by atoms with van der Waals surface area (Å²) in [6.07, 6.45) is 2.32. The second-order valence-electron chi connectivity index (χ2n) is 6.19. The highest BCUT2D eigenvalue weighted by atomic mass is 32.2. The molecule has 2 aromatic rings. The molecule has 1 aromatic carbocycles. The maximum Gasteiger partial charge on any atom is 0.322 e. The summed E-state index contributed by atoms with van der Waals surface area (Å²) < 4.78 is 5.52. The molecule has 1 aromatic heterocycles. The molecule has 132 valence electrons. The largest absolute Gasteiger partial charge is 0.407 e. The van der Waals surface area contributed by atoms with E-state index < -0.39 is 0 Å². The molecule has 1 atom stereocenters. The Morgan fingerprint density at radius 3 is 2.68 bits per heavy atom. The topological polar surface area (TPSA) is 88.3 Å². The summed E-state index contributed by atoms with van der Waals surface area (Å²) in [6, 6.07) is 7.94. The van der Waals surface area contributed by atoms with E-state index in [2.05, 4.69) is 15.5 Å². The second kappa shape index (κ2) is 7.26. The molecule has 0 unspecified atom stereocenters. The van der Waals surface area contributed by atoms with Crippen LogP contribution in [0.5, 0.6) is 0 Å². The van der Waals surface area contributed by atoms with Crippen LogP contribution in [0.4, 0.5) is 11.7 Å². The van der Waals surface area contributed by atoms with Gasteiger partial charge in [-0.05, 0) is 30.5 Å². The first kappa shape index (κ1) is 17.5. The molecule has 7 nitrogen and oxygen atoms in total. The summed E-state index contributed by atoms with van der Waals surface area (Å²) in [6.45, 7) is 4.04. The Morgan fingerprint density at radius 2 is 2.04 bits per heavy atom. The molecule has 0 spiro atoms. The number of benzene rings is 1. The lowest BCUT2D eigenvalue weighted by Crippen LogP contribution is -2.24. The summed E-state index contributed by atoms with van der Waals surface area (Å²) in [4.78, 5) is 26.9. The molecule has 25 heavy (non-hydrogen) atoms. The van der Waals surface area contributed by atoms with Crippen LogP contribution in [0.15, 0.2) is 33.6 Å². The zero-order valence-corrected chi connectivity index (χ0v) is 15.2. The van der Waals surface area contributed by atoms with Crippen molar-refractivity contribution in [3.63, 3.8) is 0 Å². The third-order valence-electron chi connectivity index (χ3n) is 4.05. The van der Waals surface area contributed by atoms with Crippen molar-refractivity contribution in [2.45, 2.75) is 31.1 Å². The van der Waals surface area contributed by atoms with Gasteiger partial charge in [-0.3, -0.25) is 14.9 Å². The van der Waals surface area contributed by atoms with Gasteiger partial charge in [-0.2, -0.15) is 0 Å². The van der Waals surface area contributed by atoms with Crippen LogP contribution >= 0.6 is 11.8 Å². The molecule has 1 aliphatic heterocycles. The van der Waals surface area contributed by atoms with E-state index in [9.17, 15) is 9.59 Å². The minimum absolute atomic E-state index is 0.0212. The van der Waals surface area contributed by atoms with Crippen LogP contribution in [0.2, 0.25) is 0 Å². The molecule has 2 amide bonds. The zero-order valence-electron chi connectivity index (χ0n) is 14.4. The summed E-state index contributed by atoms with van der Waals surface area (Å²) in [5.74, 6) is -0.148. The average Bonchev–Trinajstić information content (AvgIpc) is 3.21. The van der Waals surface area contributed by atoms with E-state index in [0.717, 1.165) is 10.6 Å². The highest BCUT2D eigenvalue weighted by Crippen LogP contribution is 2.32. The van der Waals surface area contributed by atoms with Gasteiger partial charge in [0.1, 0.15) is 0 Å². The Hall–Kier alpha value is -2.35. The number of rotatable bonds is 5. The number of aromatic nitrogens is 2. The van der Waals surface area contributed by atoms with Crippen molar-refractivity contribution in [3.05, 3.63) is 30.2 Å². The van der Waals surface area contributed by atoms with Crippen LogP contribution in [-0.2, 0) is 9.59 Å². The Balaban J connectivity index is 1.70. The van der Waals surface area contributed by atoms with Gasteiger partial charge in [0.25, 0.3) is 0 Å². The summed E-state index contributed by atoms with van der Waals surface area (Å²) >= 11 is 1.66. The lowest BCUT2D eigenvalue weighted by Gasteiger charge is -2.16. The fourth-order valence-electron chi connectivity index (χ4n) is 2.58. The van der Waals surface area contributed by atoms with Crippen molar-refractivity contribution in [1.29, 1.82) is 0 Å². The van der Waals surface area contributed by atoms with Crippen molar-refractivity contribution in [2.24, 2.45) is 5.92 Å². The van der Waals surface area contributed by atoms with Crippen LogP contribution in [0.1, 0.15) is 32.1 Å². The number of carbonyl (C=O) groups is 2. The number of hydrogen-bond donors (Lipinski definition) is 1. The van der Waals surface area contributed by atoms with Gasteiger partial charge < -0.3 is 9.32 Å². The predicted octanol–water partition coefficient (Wildman–Crippen LogP) is 2.91. The van der Waals surface area contributed by atoms with Crippen LogP contribution in [0, 0.1) is 5.92 Å².